The number of nitrogens with zero attached hydrogens (tertiary/aromatic N) is 1. The number of nitrogens with two attached hydrogens (primary N) is 3. The van der Waals surface area contributed by atoms with Crippen LogP contribution < -0.4 is 43.8 Å². The molecule has 4 rings (SSSR count). The van der Waals surface area contributed by atoms with E-state index in [0.29, 0.717) is 17.5 Å². The Labute approximate surface area is 352 Å². The van der Waals surface area contributed by atoms with Crippen LogP contribution in [0.15, 0.2) is 54.6 Å². The number of nitrogens with one attached hydrogen (secondary N) is 5. The van der Waals surface area contributed by atoms with E-state index in [1.807, 2.05) is 0 Å². The van der Waals surface area contributed by atoms with E-state index in [-0.39, 0.29) is 49.5 Å². The quantitative estimate of drug-likeness (QED) is 0.105. The van der Waals surface area contributed by atoms with Gasteiger partial charge in [-0.1, -0.05) is 64.1 Å². The van der Waals surface area contributed by atoms with Crippen LogP contribution in [0.5, 0.6) is 5.75 Å². The molecule has 7 atom stereocenters. The van der Waals surface area contributed by atoms with E-state index in [4.69, 9.17) is 17.2 Å². The van der Waals surface area contributed by atoms with E-state index in [1.54, 1.807) is 30.3 Å². The minimum absolute atomic E-state index is 0.0406. The number of hydrogen-bond donors (Lipinski definition) is 10. The maximum atomic E-state index is 14.1. The lowest BCUT2D eigenvalue weighted by atomic mass is 10.0. The zero-order chi connectivity index (χ0) is 43.9. The van der Waals surface area contributed by atoms with Gasteiger partial charge in [0.05, 0.1) is 12.5 Å². The second kappa shape index (κ2) is 22.5. The summed E-state index contributed by atoms with van der Waals surface area (Å²) in [5, 5.41) is 32.3. The van der Waals surface area contributed by atoms with Crippen molar-refractivity contribution < 1.29 is 53.4 Å². The van der Waals surface area contributed by atoms with Gasteiger partial charge in [-0.2, -0.15) is 0 Å². The van der Waals surface area contributed by atoms with Crippen LogP contribution in [0.4, 0.5) is 0 Å². The summed E-state index contributed by atoms with van der Waals surface area (Å²) >= 11 is 0. The number of carboxylic acid groups (broad SMARTS) is 1. The van der Waals surface area contributed by atoms with Gasteiger partial charge in [-0.25, -0.2) is 4.79 Å². The first-order chi connectivity index (χ1) is 28.5. The van der Waals surface area contributed by atoms with Crippen molar-refractivity contribution in [2.75, 3.05) is 18.1 Å². The highest BCUT2D eigenvalue weighted by molar-refractivity contribution is 8.76. The molecule has 0 saturated carbocycles. The van der Waals surface area contributed by atoms with Crippen molar-refractivity contribution in [3.8, 4) is 5.75 Å². The zero-order valence-electron chi connectivity index (χ0n) is 32.4. The largest absolute Gasteiger partial charge is 0.508 e. The fourth-order valence-electron chi connectivity index (χ4n) is 6.45. The summed E-state index contributed by atoms with van der Waals surface area (Å²) in [5.74, 6) is -8.72. The van der Waals surface area contributed by atoms with Crippen LogP contribution in [0.2, 0.25) is 0 Å². The van der Waals surface area contributed by atoms with Gasteiger partial charge in [-0.05, 0) is 42.5 Å². The Hall–Kier alpha value is -5.87. The highest BCUT2D eigenvalue weighted by Crippen LogP contribution is 2.25. The molecular weight excluding hydrogens is 823 g/mol. The lowest BCUT2D eigenvalue weighted by molar-refractivity contribution is -0.149. The third kappa shape index (κ3) is 14.2. The summed E-state index contributed by atoms with van der Waals surface area (Å²) in [6.45, 7) is 0.0812. The van der Waals surface area contributed by atoms with Crippen LogP contribution in [-0.2, 0) is 56.0 Å². The molecule has 2 aliphatic heterocycles. The van der Waals surface area contributed by atoms with E-state index >= 15 is 0 Å². The smallest absolute Gasteiger partial charge is 0.326 e. The molecule has 2 aromatic carbocycles. The number of rotatable bonds is 11. The fraction of sp³-hybridized carbons (Fsp3) is 0.447. The van der Waals surface area contributed by atoms with Gasteiger partial charge in [-0.3, -0.25) is 38.4 Å². The van der Waals surface area contributed by atoms with Gasteiger partial charge in [0, 0.05) is 37.3 Å². The average molecular weight is 872 g/mol. The molecule has 60 heavy (non-hydrogen) atoms. The topological polar surface area (TPSA) is 336 Å². The fourth-order valence-corrected chi connectivity index (χ4v) is 8.72. The van der Waals surface area contributed by atoms with Crippen LogP contribution >= 0.6 is 21.6 Å². The van der Waals surface area contributed by atoms with E-state index in [1.165, 1.54) is 24.3 Å². The number of likely N-dealkylation sites (tertiary alicyclic amines) is 1. The minimum atomic E-state index is -1.71. The molecule has 2 fully saturated rings. The van der Waals surface area contributed by atoms with Crippen LogP contribution in [0.25, 0.3) is 0 Å². The predicted molar refractivity (Wildman–Crippen MR) is 219 cm³/mol. The van der Waals surface area contributed by atoms with Crippen molar-refractivity contribution in [3.05, 3.63) is 65.7 Å². The Morgan fingerprint density at radius 3 is 1.82 bits per heavy atom. The van der Waals surface area contributed by atoms with Crippen molar-refractivity contribution >= 4 is 74.8 Å². The number of carbonyl (C=O) groups is 9. The van der Waals surface area contributed by atoms with Gasteiger partial charge in [0.15, 0.2) is 0 Å². The summed E-state index contributed by atoms with van der Waals surface area (Å²) in [7, 11) is 2.07. The summed E-state index contributed by atoms with van der Waals surface area (Å²) < 4.78 is 0. The molecule has 0 aliphatic carbocycles. The van der Waals surface area contributed by atoms with Gasteiger partial charge < -0.3 is 58.9 Å². The maximum absolute atomic E-state index is 14.1. The highest BCUT2D eigenvalue weighted by atomic mass is 33.1. The number of carbonyl (C=O) groups excluding carboxylic acids is 8. The Kier molecular flexibility index (Phi) is 17.5. The monoisotopic (exact) mass is 871 g/mol. The van der Waals surface area contributed by atoms with Crippen molar-refractivity contribution in [3.63, 3.8) is 0 Å². The number of phenols is 1. The number of carboxylic acids is 1. The van der Waals surface area contributed by atoms with Gasteiger partial charge in [0.25, 0.3) is 0 Å². The first-order valence-corrected chi connectivity index (χ1v) is 21.4. The third-order valence-corrected chi connectivity index (χ3v) is 12.1. The minimum Gasteiger partial charge on any atom is -0.508 e. The summed E-state index contributed by atoms with van der Waals surface area (Å²) in [5.41, 5.74) is 18.2. The van der Waals surface area contributed by atoms with Crippen molar-refractivity contribution in [2.24, 2.45) is 17.2 Å². The summed E-state index contributed by atoms with van der Waals surface area (Å²) in [4.78, 5) is 120. The first-order valence-electron chi connectivity index (χ1n) is 19.0. The first kappa shape index (κ1) is 46.8. The number of primary amides is 2. The second-order valence-corrected chi connectivity index (χ2v) is 16.8. The molecule has 22 heteroatoms. The van der Waals surface area contributed by atoms with Crippen molar-refractivity contribution in [2.45, 2.75) is 87.2 Å². The summed E-state index contributed by atoms with van der Waals surface area (Å²) in [6, 6.07) is 4.59. The molecule has 0 radical (unpaired) electrons. The number of aliphatic carboxylic acids is 1. The number of aromatic hydroxyl groups is 1. The molecule has 0 bridgehead atoms. The Morgan fingerprint density at radius 1 is 0.683 bits per heavy atom. The van der Waals surface area contributed by atoms with Crippen LogP contribution in [0, 0.1) is 0 Å². The van der Waals surface area contributed by atoms with Crippen molar-refractivity contribution in [1.82, 2.24) is 31.5 Å². The van der Waals surface area contributed by atoms with Crippen LogP contribution in [0.1, 0.15) is 43.2 Å². The molecule has 324 valence electrons. The normalized spacial score (nSPS) is 25.1. The number of hydrogen-bond acceptors (Lipinski definition) is 13. The molecule has 20 nitrogen and oxygen atoms in total. The molecule has 2 saturated heterocycles. The van der Waals surface area contributed by atoms with Gasteiger partial charge in [-0.15, -0.1) is 0 Å². The SMILES string of the molecule is NC(=O)CC[C@@H]1NC(=O)[C@H](Cc2ccccc2)NC(=O)[C@H](Cc2ccc(O)cc2)NC(=O)[C@@H](N)CSSC[C@@H](C(=O)N2CCC[C@H]2C(=O)O)NC(=O)[C@H](CC(N)=O)NC1=O. The van der Waals surface area contributed by atoms with E-state index in [0.717, 1.165) is 26.5 Å². The van der Waals surface area contributed by atoms with Crippen molar-refractivity contribution in [1.29, 1.82) is 0 Å². The van der Waals surface area contributed by atoms with Crippen LogP contribution in [-0.4, -0.2) is 129 Å². The third-order valence-electron chi connectivity index (χ3n) is 9.61. The predicted octanol–water partition coefficient (Wildman–Crippen LogP) is -2.46. The summed E-state index contributed by atoms with van der Waals surface area (Å²) in [6.07, 6.45) is -1.24. The number of phenolic OH excluding ortho intramolecular Hbond substituents is 1. The standard InChI is InChI=1S/C38H49N9O11S2/c39-23-18-59-60-19-28(37(56)47-14-4-7-29(47)38(57)58)46-36(55)27(17-31(41)50)45-33(52)24(12-13-30(40)49)42-34(53)26(15-20-5-2-1-3-6-20)44-35(54)25(43-32(23)51)16-21-8-10-22(48)11-9-21/h1-3,5-6,8-11,23-29,48H,4,7,12-19,39H2,(H2,40,49)(H2,41,50)(H,42,53)(H,43,51)(H,44,54)(H,45,52)(H,46,55)(H,57,58)/t23-,24-,25-,26-,27-,28-,29-/m0/s1. The lowest BCUT2D eigenvalue weighted by Gasteiger charge is -2.29. The Balaban J connectivity index is 1.74. The van der Waals surface area contributed by atoms with Gasteiger partial charge in [0.1, 0.15) is 42.0 Å². The van der Waals surface area contributed by atoms with Gasteiger partial charge >= 0.3 is 5.97 Å². The Morgan fingerprint density at radius 2 is 1.22 bits per heavy atom. The van der Waals surface area contributed by atoms with E-state index in [9.17, 15) is 53.4 Å². The highest BCUT2D eigenvalue weighted by Gasteiger charge is 2.39. The lowest BCUT2D eigenvalue weighted by Crippen LogP contribution is -2.61. The van der Waals surface area contributed by atoms with Crippen LogP contribution in [0.3, 0.4) is 0 Å². The second-order valence-electron chi connectivity index (χ2n) is 14.2. The molecule has 0 spiro atoms. The maximum Gasteiger partial charge on any atom is 0.326 e. The van der Waals surface area contributed by atoms with E-state index < -0.39 is 108 Å². The molecule has 0 aromatic heterocycles. The van der Waals surface area contributed by atoms with Gasteiger partial charge in [0.2, 0.25) is 47.3 Å². The number of benzene rings is 2. The molecule has 2 aliphatic rings. The molecule has 8 amide bonds. The molecular formula is C38H49N9O11S2. The molecule has 0 unspecified atom stereocenters. The zero-order valence-corrected chi connectivity index (χ0v) is 34.0. The molecule has 2 heterocycles. The molecule has 13 N–H and O–H groups in total. The molecule has 2 aromatic rings. The number of amides is 8. The van der Waals surface area contributed by atoms with E-state index in [2.05, 4.69) is 26.6 Å². The average Bonchev–Trinajstić information content (AvgIpc) is 3.70. The Bertz CT molecular complexity index is 1910.